The Bertz CT molecular complexity index is 1080. The molecule has 0 spiro atoms. The molecule has 1 saturated heterocycles. The van der Waals surface area contributed by atoms with Crippen LogP contribution in [0, 0.1) is 0 Å². The van der Waals surface area contributed by atoms with Crippen molar-refractivity contribution >= 4 is 45.0 Å². The Morgan fingerprint density at radius 3 is 2.56 bits per heavy atom. The molecule has 12 heteroatoms. The minimum absolute atomic E-state index is 0. The van der Waals surface area contributed by atoms with Gasteiger partial charge in [0.15, 0.2) is 11.7 Å². The number of ether oxygens (including phenoxy) is 3. The molecule has 1 aliphatic rings. The van der Waals surface area contributed by atoms with Crippen molar-refractivity contribution in [2.24, 2.45) is 0 Å². The van der Waals surface area contributed by atoms with Crippen LogP contribution < -0.4 is 14.4 Å². The zero-order chi connectivity index (χ0) is 23.3. The molecule has 0 radical (unpaired) electrons. The number of carbonyl (C=O) groups is 1. The third-order valence-corrected chi connectivity index (χ3v) is 6.00. The van der Waals surface area contributed by atoms with Gasteiger partial charge in [0.25, 0.3) is 5.91 Å². The van der Waals surface area contributed by atoms with Crippen LogP contribution in [0.1, 0.15) is 0 Å². The van der Waals surface area contributed by atoms with Crippen LogP contribution in [0.25, 0.3) is 10.2 Å². The van der Waals surface area contributed by atoms with Gasteiger partial charge in [-0.05, 0) is 24.3 Å². The molecule has 0 atom stereocenters. The number of benzene rings is 2. The van der Waals surface area contributed by atoms with Crippen LogP contribution in [0.5, 0.6) is 11.5 Å². The summed E-state index contributed by atoms with van der Waals surface area (Å²) in [5, 5.41) is 0.393. The van der Waals surface area contributed by atoms with Gasteiger partial charge >= 0.3 is 6.36 Å². The minimum Gasteiger partial charge on any atom is -0.484 e. The van der Waals surface area contributed by atoms with Crippen LogP contribution in [0.2, 0.25) is 0 Å². The van der Waals surface area contributed by atoms with Gasteiger partial charge in [-0.25, -0.2) is 4.98 Å². The molecule has 1 fully saturated rings. The average molecular weight is 518 g/mol. The number of aromatic nitrogens is 1. The first-order chi connectivity index (χ1) is 15.9. The molecule has 184 valence electrons. The Morgan fingerprint density at radius 1 is 1.12 bits per heavy atom. The monoisotopic (exact) mass is 517 g/mol. The SMILES string of the molecule is Cl.O=C(COc1ccccc1)N(CCN1CCOCC1)c1nc2ccc(OC(F)(F)F)cc2s1. The molecule has 1 aliphatic heterocycles. The molecule has 7 nitrogen and oxygen atoms in total. The van der Waals surface area contributed by atoms with Crippen molar-refractivity contribution in [1.82, 2.24) is 9.88 Å². The van der Waals surface area contributed by atoms with Crippen molar-refractivity contribution < 1.29 is 32.2 Å². The van der Waals surface area contributed by atoms with Crippen LogP contribution in [-0.2, 0) is 9.53 Å². The Labute approximate surface area is 204 Å². The van der Waals surface area contributed by atoms with Crippen molar-refractivity contribution in [3.63, 3.8) is 0 Å². The predicted molar refractivity (Wildman–Crippen MR) is 125 cm³/mol. The number of carbonyl (C=O) groups excluding carboxylic acids is 1. The third-order valence-electron chi connectivity index (χ3n) is 4.96. The van der Waals surface area contributed by atoms with E-state index in [-0.39, 0.29) is 30.7 Å². The number of hydrogen-bond acceptors (Lipinski definition) is 7. The van der Waals surface area contributed by atoms with E-state index in [1.54, 1.807) is 12.1 Å². The molecule has 4 rings (SSSR count). The summed E-state index contributed by atoms with van der Waals surface area (Å²) in [6, 6.07) is 12.9. The second-order valence-corrected chi connectivity index (χ2v) is 8.28. The number of fused-ring (bicyclic) bond motifs is 1. The van der Waals surface area contributed by atoms with Gasteiger partial charge in [0.05, 0.1) is 23.4 Å². The third kappa shape index (κ3) is 7.20. The maximum Gasteiger partial charge on any atom is 0.573 e. The lowest BCUT2D eigenvalue weighted by Gasteiger charge is -2.29. The van der Waals surface area contributed by atoms with Crippen LogP contribution in [-0.4, -0.2) is 68.2 Å². The van der Waals surface area contributed by atoms with Crippen LogP contribution in [0.3, 0.4) is 0 Å². The summed E-state index contributed by atoms with van der Waals surface area (Å²) in [7, 11) is 0. The summed E-state index contributed by atoms with van der Waals surface area (Å²) in [4.78, 5) is 21.3. The lowest BCUT2D eigenvalue weighted by molar-refractivity contribution is -0.274. The molecule has 2 heterocycles. The van der Waals surface area contributed by atoms with Gasteiger partial charge in [-0.2, -0.15) is 0 Å². The lowest BCUT2D eigenvalue weighted by Crippen LogP contribution is -2.44. The average Bonchev–Trinajstić information content (AvgIpc) is 3.21. The predicted octanol–water partition coefficient (Wildman–Crippen LogP) is 4.36. The molecule has 0 N–H and O–H groups in total. The summed E-state index contributed by atoms with van der Waals surface area (Å²) in [6.45, 7) is 3.58. The first kappa shape index (κ1) is 26.0. The van der Waals surface area contributed by atoms with E-state index < -0.39 is 6.36 Å². The van der Waals surface area contributed by atoms with E-state index in [0.29, 0.717) is 47.4 Å². The topological polar surface area (TPSA) is 64.1 Å². The van der Waals surface area contributed by atoms with E-state index in [0.717, 1.165) is 24.4 Å². The maximum atomic E-state index is 13.1. The largest absolute Gasteiger partial charge is 0.573 e. The van der Waals surface area contributed by atoms with Gasteiger partial charge < -0.3 is 14.2 Å². The molecule has 0 saturated carbocycles. The van der Waals surface area contributed by atoms with E-state index in [2.05, 4.69) is 14.6 Å². The van der Waals surface area contributed by atoms with Crippen LogP contribution in [0.15, 0.2) is 48.5 Å². The molecule has 1 amide bonds. The fraction of sp³-hybridized carbons (Fsp3) is 0.364. The summed E-state index contributed by atoms with van der Waals surface area (Å²) >= 11 is 1.13. The Balaban J connectivity index is 0.00000324. The Morgan fingerprint density at radius 2 is 1.85 bits per heavy atom. The number of para-hydroxylation sites is 1. The van der Waals surface area contributed by atoms with Gasteiger partial charge in [-0.3, -0.25) is 14.6 Å². The summed E-state index contributed by atoms with van der Waals surface area (Å²) < 4.78 is 53.2. The second-order valence-electron chi connectivity index (χ2n) is 7.27. The maximum absolute atomic E-state index is 13.1. The van der Waals surface area contributed by atoms with E-state index in [1.165, 1.54) is 23.1 Å². The van der Waals surface area contributed by atoms with Gasteiger partial charge in [0.2, 0.25) is 0 Å². The van der Waals surface area contributed by atoms with Crippen molar-refractivity contribution in [2.75, 3.05) is 50.9 Å². The number of rotatable bonds is 8. The highest BCUT2D eigenvalue weighted by atomic mass is 35.5. The molecule has 0 aliphatic carbocycles. The number of anilines is 1. The number of alkyl halides is 3. The zero-order valence-electron chi connectivity index (χ0n) is 18.0. The van der Waals surface area contributed by atoms with Gasteiger partial charge in [0, 0.05) is 32.2 Å². The Kier molecular flexibility index (Phi) is 8.95. The number of thiazole rings is 1. The fourth-order valence-electron chi connectivity index (χ4n) is 3.34. The van der Waals surface area contributed by atoms with Gasteiger partial charge in [-0.1, -0.05) is 29.5 Å². The smallest absolute Gasteiger partial charge is 0.484 e. The summed E-state index contributed by atoms with van der Waals surface area (Å²) in [6.07, 6.45) is -4.78. The van der Waals surface area contributed by atoms with E-state index >= 15 is 0 Å². The number of nitrogens with zero attached hydrogens (tertiary/aromatic N) is 3. The standard InChI is InChI=1S/C22H22F3N3O4S.ClH/c23-22(24,25)32-17-6-7-18-19(14-17)33-21(26-18)28(9-8-27-10-12-30-13-11-27)20(29)15-31-16-4-2-1-3-5-16;/h1-7,14H,8-13,15H2;1H. The van der Waals surface area contributed by atoms with Crippen molar-refractivity contribution in [1.29, 1.82) is 0 Å². The molecular weight excluding hydrogens is 495 g/mol. The minimum atomic E-state index is -4.78. The zero-order valence-corrected chi connectivity index (χ0v) is 19.6. The number of hydrogen-bond donors (Lipinski definition) is 0. The lowest BCUT2D eigenvalue weighted by atomic mass is 10.3. The van der Waals surface area contributed by atoms with Crippen LogP contribution >= 0.6 is 23.7 Å². The van der Waals surface area contributed by atoms with Crippen LogP contribution in [0.4, 0.5) is 18.3 Å². The number of morpholine rings is 1. The molecule has 0 unspecified atom stereocenters. The molecule has 2 aromatic carbocycles. The summed E-state index contributed by atoms with van der Waals surface area (Å²) in [5.41, 5.74) is 0.484. The number of amides is 1. The van der Waals surface area contributed by atoms with Crippen molar-refractivity contribution in [2.45, 2.75) is 6.36 Å². The summed E-state index contributed by atoms with van der Waals surface area (Å²) in [5.74, 6) is -0.0565. The number of halogens is 4. The first-order valence-corrected chi connectivity index (χ1v) is 11.1. The molecule has 1 aromatic heterocycles. The first-order valence-electron chi connectivity index (χ1n) is 10.3. The highest BCUT2D eigenvalue weighted by molar-refractivity contribution is 7.22. The molecule has 34 heavy (non-hydrogen) atoms. The highest BCUT2D eigenvalue weighted by Crippen LogP contribution is 2.33. The van der Waals surface area contributed by atoms with E-state index in [9.17, 15) is 18.0 Å². The molecule has 0 bridgehead atoms. The molecular formula is C22H23ClF3N3O4S. The quantitative estimate of drug-likeness (QED) is 0.442. The van der Waals surface area contributed by atoms with E-state index in [1.807, 2.05) is 18.2 Å². The highest BCUT2D eigenvalue weighted by Gasteiger charge is 2.31. The normalized spacial score (nSPS) is 14.4. The Hall–Kier alpha value is -2.60. The van der Waals surface area contributed by atoms with Gasteiger partial charge in [-0.15, -0.1) is 25.6 Å². The van der Waals surface area contributed by atoms with Crippen molar-refractivity contribution in [3.05, 3.63) is 48.5 Å². The van der Waals surface area contributed by atoms with Gasteiger partial charge in [0.1, 0.15) is 11.5 Å². The second kappa shape index (κ2) is 11.7. The van der Waals surface area contributed by atoms with E-state index in [4.69, 9.17) is 9.47 Å². The van der Waals surface area contributed by atoms with Crippen molar-refractivity contribution in [3.8, 4) is 11.5 Å². The molecule has 3 aromatic rings. The fourth-order valence-corrected chi connectivity index (χ4v) is 4.38.